The van der Waals surface area contributed by atoms with Gasteiger partial charge in [-0.15, -0.1) is 0 Å². The summed E-state index contributed by atoms with van der Waals surface area (Å²) in [5, 5.41) is 0. The molecule has 0 amide bonds. The molecule has 0 atom stereocenters. The van der Waals surface area contributed by atoms with E-state index in [2.05, 4.69) is 15.0 Å². The zero-order valence-corrected chi connectivity index (χ0v) is 30.3. The third-order valence-corrected chi connectivity index (χ3v) is 9.56. The topological polar surface area (TPSA) is 118 Å². The van der Waals surface area contributed by atoms with Gasteiger partial charge < -0.3 is 14.2 Å². The van der Waals surface area contributed by atoms with Crippen LogP contribution in [0.3, 0.4) is 0 Å². The Labute approximate surface area is 314 Å². The molecular formula is C45H39N3O6. The fraction of sp³-hybridized carbons (Fsp3) is 0.200. The number of rotatable bonds is 9. The van der Waals surface area contributed by atoms with E-state index in [0.717, 1.165) is 50.5 Å². The molecule has 1 fully saturated rings. The molecule has 0 bridgehead atoms. The predicted octanol–water partition coefficient (Wildman–Crippen LogP) is 8.95. The monoisotopic (exact) mass is 717 g/mol. The number of carbonyl (C=O) groups is 3. The lowest BCUT2D eigenvalue weighted by molar-refractivity contribution is -0.150. The molecule has 270 valence electrons. The zero-order chi connectivity index (χ0) is 37.6. The number of hydrogen-bond acceptors (Lipinski definition) is 9. The average Bonchev–Trinajstić information content (AvgIpc) is 3.18. The molecule has 3 aromatic heterocycles. The minimum absolute atomic E-state index is 0.163. The Morgan fingerprint density at radius 1 is 0.426 bits per heavy atom. The highest BCUT2D eigenvalue weighted by molar-refractivity contribution is 5.83. The van der Waals surface area contributed by atoms with Gasteiger partial charge in [-0.3, -0.25) is 29.3 Å². The molecule has 6 aromatic rings. The van der Waals surface area contributed by atoms with Crippen LogP contribution in [-0.4, -0.2) is 32.9 Å². The van der Waals surface area contributed by atoms with Crippen molar-refractivity contribution in [1.29, 1.82) is 0 Å². The molecule has 7 rings (SSSR count). The molecule has 9 nitrogen and oxygen atoms in total. The molecule has 0 unspecified atom stereocenters. The maximum atomic E-state index is 13.7. The molecule has 0 aliphatic heterocycles. The van der Waals surface area contributed by atoms with Crippen LogP contribution in [0.2, 0.25) is 0 Å². The molecule has 3 aromatic carbocycles. The highest BCUT2D eigenvalue weighted by Crippen LogP contribution is 2.37. The lowest BCUT2D eigenvalue weighted by atomic mass is 9.75. The molecule has 1 aliphatic carbocycles. The standard InChI is InChI=1S/C45H39N3O6/c1-28-16-19-46-40(22-28)31-4-10-37(11-5-31)52-43(49)34-25-35(44(50)53-38-12-6-32(7-13-38)41-23-29(2)17-20-47-41)27-36(26-34)45(51)54-39-14-8-33(9-15-39)42-24-30(3)18-21-48-42/h4-24,34-36H,25-27H2,1-3H3. The summed E-state index contributed by atoms with van der Waals surface area (Å²) in [4.78, 5) is 54.3. The molecule has 3 heterocycles. The van der Waals surface area contributed by atoms with Crippen LogP contribution < -0.4 is 14.2 Å². The van der Waals surface area contributed by atoms with Crippen LogP contribution in [-0.2, 0) is 14.4 Å². The summed E-state index contributed by atoms with van der Waals surface area (Å²) in [6, 6.07) is 33.0. The van der Waals surface area contributed by atoms with Crippen molar-refractivity contribution in [3.8, 4) is 51.0 Å². The van der Waals surface area contributed by atoms with E-state index in [9.17, 15) is 14.4 Å². The number of ether oxygens (including phenoxy) is 3. The summed E-state index contributed by atoms with van der Waals surface area (Å²) in [6.07, 6.45) is 5.74. The Hall–Kier alpha value is -6.48. The molecule has 1 saturated carbocycles. The van der Waals surface area contributed by atoms with E-state index in [4.69, 9.17) is 14.2 Å². The Kier molecular flexibility index (Phi) is 10.7. The highest BCUT2D eigenvalue weighted by atomic mass is 16.5. The van der Waals surface area contributed by atoms with Crippen molar-refractivity contribution < 1.29 is 28.6 Å². The van der Waals surface area contributed by atoms with E-state index in [1.165, 1.54) is 0 Å². The van der Waals surface area contributed by atoms with Gasteiger partial charge in [0.05, 0.1) is 34.8 Å². The number of carbonyl (C=O) groups excluding carboxylic acids is 3. The molecule has 0 saturated heterocycles. The van der Waals surface area contributed by atoms with E-state index in [1.807, 2.05) is 93.6 Å². The van der Waals surface area contributed by atoms with Crippen molar-refractivity contribution in [3.63, 3.8) is 0 Å². The van der Waals surface area contributed by atoms with Crippen molar-refractivity contribution >= 4 is 17.9 Å². The van der Waals surface area contributed by atoms with Crippen molar-refractivity contribution in [1.82, 2.24) is 15.0 Å². The Morgan fingerprint density at radius 3 is 0.926 bits per heavy atom. The van der Waals surface area contributed by atoms with Crippen LogP contribution in [0.25, 0.3) is 33.8 Å². The van der Waals surface area contributed by atoms with Gasteiger partial charge in [0.1, 0.15) is 17.2 Å². The van der Waals surface area contributed by atoms with Gasteiger partial charge >= 0.3 is 17.9 Å². The van der Waals surface area contributed by atoms with Crippen molar-refractivity contribution in [3.05, 3.63) is 144 Å². The van der Waals surface area contributed by atoms with Crippen LogP contribution in [0.5, 0.6) is 17.2 Å². The van der Waals surface area contributed by atoms with Gasteiger partial charge in [0, 0.05) is 35.3 Å². The molecule has 0 radical (unpaired) electrons. The van der Waals surface area contributed by atoms with E-state index in [1.54, 1.807) is 55.0 Å². The van der Waals surface area contributed by atoms with Gasteiger partial charge in [-0.25, -0.2) is 0 Å². The Morgan fingerprint density at radius 2 is 0.685 bits per heavy atom. The lowest BCUT2D eigenvalue weighted by Gasteiger charge is -2.31. The van der Waals surface area contributed by atoms with Gasteiger partial charge in [-0.1, -0.05) is 0 Å². The van der Waals surface area contributed by atoms with E-state index < -0.39 is 35.7 Å². The fourth-order valence-electron chi connectivity index (χ4n) is 6.66. The SMILES string of the molecule is Cc1ccnc(-c2ccc(OC(=O)C3CC(C(=O)Oc4ccc(-c5cc(C)ccn5)cc4)CC(C(=O)Oc4ccc(-c5cc(C)ccn5)cc4)C3)cc2)c1. The molecule has 0 spiro atoms. The van der Waals surface area contributed by atoms with Gasteiger partial charge in [-0.2, -0.15) is 0 Å². The molecule has 9 heteroatoms. The number of nitrogens with zero attached hydrogens (tertiary/aromatic N) is 3. The normalized spacial score (nSPS) is 16.6. The second-order valence-electron chi connectivity index (χ2n) is 13.8. The minimum atomic E-state index is -0.753. The van der Waals surface area contributed by atoms with E-state index in [0.29, 0.717) is 17.2 Å². The predicted molar refractivity (Wildman–Crippen MR) is 204 cm³/mol. The molecular weight excluding hydrogens is 679 g/mol. The van der Waals surface area contributed by atoms with E-state index in [-0.39, 0.29) is 19.3 Å². The summed E-state index contributed by atoms with van der Waals surface area (Å²) in [5.41, 5.74) is 8.34. The Balaban J connectivity index is 1.06. The number of aromatic nitrogens is 3. The quantitative estimate of drug-likeness (QED) is 0.107. The molecule has 0 N–H and O–H groups in total. The first-order chi connectivity index (χ1) is 26.2. The average molecular weight is 718 g/mol. The molecule has 54 heavy (non-hydrogen) atoms. The Bertz CT molecular complexity index is 2020. The van der Waals surface area contributed by atoms with Crippen molar-refractivity contribution in [2.45, 2.75) is 40.0 Å². The second-order valence-corrected chi connectivity index (χ2v) is 13.8. The second kappa shape index (κ2) is 16.0. The number of esters is 3. The summed E-state index contributed by atoms with van der Waals surface area (Å²) in [5.74, 6) is -2.79. The first-order valence-electron chi connectivity index (χ1n) is 17.9. The maximum Gasteiger partial charge on any atom is 0.314 e. The van der Waals surface area contributed by atoms with Crippen LogP contribution in [0.4, 0.5) is 0 Å². The summed E-state index contributed by atoms with van der Waals surface area (Å²) in [6.45, 7) is 5.99. The largest absolute Gasteiger partial charge is 0.426 e. The first-order valence-corrected chi connectivity index (χ1v) is 17.9. The number of aryl methyl sites for hydroxylation is 3. The third-order valence-electron chi connectivity index (χ3n) is 9.56. The zero-order valence-electron chi connectivity index (χ0n) is 30.3. The van der Waals surface area contributed by atoms with Gasteiger partial charge in [-0.05, 0) is 166 Å². The molecule has 1 aliphatic rings. The van der Waals surface area contributed by atoms with Crippen molar-refractivity contribution in [2.75, 3.05) is 0 Å². The van der Waals surface area contributed by atoms with Gasteiger partial charge in [0.15, 0.2) is 0 Å². The number of pyridine rings is 3. The fourth-order valence-corrected chi connectivity index (χ4v) is 6.66. The lowest BCUT2D eigenvalue weighted by Crippen LogP contribution is -2.39. The van der Waals surface area contributed by atoms with Crippen LogP contribution >= 0.6 is 0 Å². The van der Waals surface area contributed by atoms with Gasteiger partial charge in [0.25, 0.3) is 0 Å². The maximum absolute atomic E-state index is 13.7. The summed E-state index contributed by atoms with van der Waals surface area (Å²) in [7, 11) is 0. The minimum Gasteiger partial charge on any atom is -0.426 e. The smallest absolute Gasteiger partial charge is 0.314 e. The summed E-state index contributed by atoms with van der Waals surface area (Å²) >= 11 is 0. The van der Waals surface area contributed by atoms with E-state index >= 15 is 0 Å². The van der Waals surface area contributed by atoms with Crippen LogP contribution in [0, 0.1) is 38.5 Å². The summed E-state index contributed by atoms with van der Waals surface area (Å²) < 4.78 is 17.4. The van der Waals surface area contributed by atoms with Crippen LogP contribution in [0.1, 0.15) is 36.0 Å². The number of benzene rings is 3. The van der Waals surface area contributed by atoms with Crippen molar-refractivity contribution in [2.24, 2.45) is 17.8 Å². The first kappa shape index (κ1) is 35.9. The number of hydrogen-bond donors (Lipinski definition) is 0. The van der Waals surface area contributed by atoms with Gasteiger partial charge in [0.2, 0.25) is 0 Å². The van der Waals surface area contributed by atoms with Crippen LogP contribution in [0.15, 0.2) is 128 Å². The highest BCUT2D eigenvalue weighted by Gasteiger charge is 2.41. The third kappa shape index (κ3) is 8.75.